The molecule has 2 aliphatic carbocycles. The van der Waals surface area contributed by atoms with Crippen LogP contribution in [0.15, 0.2) is 109 Å². The van der Waals surface area contributed by atoms with E-state index in [4.69, 9.17) is 9.47 Å². The van der Waals surface area contributed by atoms with Crippen molar-refractivity contribution in [2.24, 2.45) is 0 Å². The minimum atomic E-state index is -1.05. The molecular formula is C47H46FeO3P2. The zero-order valence-corrected chi connectivity index (χ0v) is 34.0. The molecule has 1 N–H and O–H groups in total. The van der Waals surface area contributed by atoms with Crippen molar-refractivity contribution in [1.29, 1.82) is 0 Å². The molecule has 0 aliphatic heterocycles. The molecule has 1 atom stereocenters. The summed E-state index contributed by atoms with van der Waals surface area (Å²) in [6.45, 7) is 8.44. The molecule has 270 valence electrons. The second-order valence-corrected chi connectivity index (χ2v) is 17.2. The molecule has 0 spiro atoms. The molecule has 7 rings (SSSR count). The van der Waals surface area contributed by atoms with Crippen molar-refractivity contribution in [1.82, 2.24) is 0 Å². The van der Waals surface area contributed by atoms with Crippen LogP contribution in [0.3, 0.4) is 0 Å². The van der Waals surface area contributed by atoms with Gasteiger partial charge in [-0.05, 0) is 174 Å². The Bertz CT molecular complexity index is 1760. The van der Waals surface area contributed by atoms with Gasteiger partial charge in [-0.1, -0.05) is 84.9 Å². The van der Waals surface area contributed by atoms with Crippen molar-refractivity contribution in [2.45, 2.75) is 33.8 Å². The van der Waals surface area contributed by atoms with Crippen molar-refractivity contribution in [3.63, 3.8) is 0 Å². The molecule has 0 aromatic heterocycles. The molecule has 0 saturated heterocycles. The van der Waals surface area contributed by atoms with E-state index in [0.29, 0.717) is 0 Å². The van der Waals surface area contributed by atoms with Crippen LogP contribution in [-0.2, 0) is 17.1 Å². The first-order chi connectivity index (χ1) is 25.3. The monoisotopic (exact) mass is 776 g/mol. The summed E-state index contributed by atoms with van der Waals surface area (Å²) in [5, 5.41) is 18.6. The van der Waals surface area contributed by atoms with E-state index < -0.39 is 21.9 Å². The van der Waals surface area contributed by atoms with Gasteiger partial charge >= 0.3 is 0 Å². The van der Waals surface area contributed by atoms with Crippen molar-refractivity contribution in [2.75, 3.05) is 14.2 Å². The quantitative estimate of drug-likeness (QED) is 0.114. The van der Waals surface area contributed by atoms with Gasteiger partial charge in [-0.25, -0.2) is 0 Å². The van der Waals surface area contributed by atoms with Crippen LogP contribution in [0, 0.1) is 90.6 Å². The summed E-state index contributed by atoms with van der Waals surface area (Å²) in [7, 11) is 1.54. The maximum atomic E-state index is 12.5. The molecule has 0 amide bonds. The Kier molecular flexibility index (Phi) is 15.2. The van der Waals surface area contributed by atoms with Gasteiger partial charge in [0.05, 0.1) is 20.3 Å². The van der Waals surface area contributed by atoms with Crippen LogP contribution in [0.5, 0.6) is 11.5 Å². The van der Waals surface area contributed by atoms with E-state index in [9.17, 15) is 5.11 Å². The van der Waals surface area contributed by atoms with E-state index in [1.165, 1.54) is 26.9 Å². The third kappa shape index (κ3) is 9.47. The van der Waals surface area contributed by atoms with Crippen LogP contribution in [-0.4, -0.2) is 19.3 Å². The number of benzene rings is 5. The minimum absolute atomic E-state index is 0. The summed E-state index contributed by atoms with van der Waals surface area (Å²) in [4.78, 5) is 0. The van der Waals surface area contributed by atoms with Crippen molar-refractivity contribution in [3.05, 3.63) is 200 Å². The predicted molar refractivity (Wildman–Crippen MR) is 222 cm³/mol. The maximum absolute atomic E-state index is 12.5. The van der Waals surface area contributed by atoms with Gasteiger partial charge in [-0.2, -0.15) is 0 Å². The average Bonchev–Trinajstić information content (AvgIpc) is 3.90. The second-order valence-electron chi connectivity index (χ2n) is 12.9. The SMILES string of the molecule is COc1c(C)cc(P(c2cc(C)c(OC)c(C)c2)c2ccccc2C(O)[C]2[CH][CH][CH][C]2P(c2ccccc2)c2ccccc2)cc1C.[CH]1[CH][CH][CH][CH]1.[Fe]. The Morgan fingerprint density at radius 2 is 0.906 bits per heavy atom. The Morgan fingerprint density at radius 3 is 1.34 bits per heavy atom. The van der Waals surface area contributed by atoms with E-state index in [0.717, 1.165) is 50.5 Å². The standard InChI is InChI=1S/C42H41O3P2.C5H5.Fe/c1-28-24-34(25-29(2)41(28)44-5)47(35-26-30(3)42(45-6)31(4)27-35)38-22-14-13-20-36(38)40(43)37-21-15-23-39(37)46(32-16-9-7-10-17-32)33-18-11-8-12-19-33;1-2-4-5-3-1;/h7-27,40,43H,1-6H3;1-5H;. The Morgan fingerprint density at radius 1 is 0.491 bits per heavy atom. The van der Waals surface area contributed by atoms with Crippen molar-refractivity contribution in [3.8, 4) is 11.5 Å². The van der Waals surface area contributed by atoms with Crippen LogP contribution in [0.4, 0.5) is 0 Å². The van der Waals surface area contributed by atoms with Gasteiger partial charge < -0.3 is 14.6 Å². The van der Waals surface area contributed by atoms with E-state index >= 15 is 0 Å². The molecule has 0 heterocycles. The fourth-order valence-corrected chi connectivity index (χ4v) is 12.4. The molecule has 6 heteroatoms. The smallest absolute Gasteiger partial charge is 0.124 e. The van der Waals surface area contributed by atoms with Gasteiger partial charge in [0.25, 0.3) is 0 Å². The number of aliphatic hydroxyl groups is 1. The van der Waals surface area contributed by atoms with E-state index in [1.54, 1.807) is 14.2 Å². The van der Waals surface area contributed by atoms with Crippen molar-refractivity contribution >= 4 is 42.4 Å². The number of rotatable bonds is 10. The van der Waals surface area contributed by atoms with Crippen LogP contribution >= 0.6 is 15.8 Å². The summed E-state index contributed by atoms with van der Waals surface area (Å²) >= 11 is 0. The Hall–Kier alpha value is -2.96. The number of hydrogen-bond acceptors (Lipinski definition) is 3. The predicted octanol–water partition coefficient (Wildman–Crippen LogP) is 8.61. The molecule has 2 aliphatic rings. The zero-order valence-electron chi connectivity index (χ0n) is 31.1. The average molecular weight is 777 g/mol. The normalized spacial score (nSPS) is 15.2. The first kappa shape index (κ1) is 41.2. The Labute approximate surface area is 331 Å². The number of ether oxygens (including phenoxy) is 2. The molecule has 5 aromatic rings. The van der Waals surface area contributed by atoms with E-state index in [2.05, 4.69) is 150 Å². The fourth-order valence-electron chi connectivity index (χ4n) is 7.04. The van der Waals surface area contributed by atoms with Gasteiger partial charge in [-0.3, -0.25) is 0 Å². The molecule has 2 saturated carbocycles. The molecule has 53 heavy (non-hydrogen) atoms. The fraction of sp³-hybridized carbons (Fsp3) is 0.149. The largest absolute Gasteiger partial charge is 0.496 e. The Balaban J connectivity index is 0.000000833. The maximum Gasteiger partial charge on any atom is 0.124 e. The van der Waals surface area contributed by atoms with Crippen LogP contribution < -0.4 is 36.0 Å². The zero-order chi connectivity index (χ0) is 36.6. The first-order valence-electron chi connectivity index (χ1n) is 17.5. The first-order valence-corrected chi connectivity index (χ1v) is 20.2. The van der Waals surface area contributed by atoms with E-state index in [-0.39, 0.29) is 17.1 Å². The molecule has 10 radical (unpaired) electrons. The van der Waals surface area contributed by atoms with Gasteiger partial charge in [0.15, 0.2) is 0 Å². The van der Waals surface area contributed by atoms with Crippen LogP contribution in [0.25, 0.3) is 0 Å². The van der Waals surface area contributed by atoms with Gasteiger partial charge in [-0.15, -0.1) is 0 Å². The number of aliphatic hydroxyl groups excluding tert-OH is 1. The van der Waals surface area contributed by atoms with Crippen molar-refractivity contribution < 1.29 is 31.6 Å². The van der Waals surface area contributed by atoms with E-state index in [1.807, 2.05) is 38.2 Å². The third-order valence-electron chi connectivity index (χ3n) is 9.23. The van der Waals surface area contributed by atoms with Crippen LogP contribution in [0.1, 0.15) is 33.9 Å². The van der Waals surface area contributed by atoms with Crippen LogP contribution in [0.2, 0.25) is 0 Å². The number of methoxy groups -OCH3 is 2. The number of aryl methyl sites for hydroxylation is 4. The summed E-state index contributed by atoms with van der Waals surface area (Å²) in [5.74, 6) is 2.78. The second kappa shape index (κ2) is 19.6. The number of hydrogen-bond donors (Lipinski definition) is 1. The molecule has 2 fully saturated rings. The van der Waals surface area contributed by atoms with Gasteiger partial charge in [0, 0.05) is 28.6 Å². The molecule has 1 unspecified atom stereocenters. The molecule has 0 bridgehead atoms. The summed E-state index contributed by atoms with van der Waals surface area (Å²) in [6.07, 6.45) is 15.6. The molecule has 3 nitrogen and oxygen atoms in total. The summed E-state index contributed by atoms with van der Waals surface area (Å²) in [5.41, 5.74) is 6.51. The molecular weight excluding hydrogens is 730 g/mol. The third-order valence-corrected chi connectivity index (χ3v) is 14.2. The van der Waals surface area contributed by atoms with Gasteiger partial charge in [0.1, 0.15) is 11.5 Å². The summed E-state index contributed by atoms with van der Waals surface area (Å²) in [6, 6.07) is 38.8. The summed E-state index contributed by atoms with van der Waals surface area (Å²) < 4.78 is 11.5. The topological polar surface area (TPSA) is 38.7 Å². The van der Waals surface area contributed by atoms with Gasteiger partial charge in [0.2, 0.25) is 0 Å². The molecule has 5 aromatic carbocycles. The minimum Gasteiger partial charge on any atom is -0.496 e.